The van der Waals surface area contributed by atoms with Crippen LogP contribution in [0.2, 0.25) is 0 Å². The molecule has 1 aromatic heterocycles. The van der Waals surface area contributed by atoms with Crippen LogP contribution in [-0.4, -0.2) is 4.98 Å². The number of nitrogens with one attached hydrogen (secondary N) is 1. The highest BCUT2D eigenvalue weighted by Gasteiger charge is 2.04. The molecule has 0 atom stereocenters. The molecule has 90 valence electrons. The molecule has 0 radical (unpaired) electrons. The third-order valence-corrected chi connectivity index (χ3v) is 4.10. The smallest absolute Gasteiger partial charge is 0.188 e. The molecule has 1 heterocycles. The molecule has 0 aliphatic carbocycles. The maximum atomic E-state index is 13.1. The van der Waals surface area contributed by atoms with Gasteiger partial charge in [0.2, 0.25) is 0 Å². The molecule has 0 fully saturated rings. The Morgan fingerprint density at radius 2 is 1.89 bits per heavy atom. The number of nitrogens with zero attached hydrogens (tertiary/aromatic N) is 1. The zero-order chi connectivity index (χ0) is 12.5. The fourth-order valence-electron chi connectivity index (χ4n) is 1.61. The molecule has 5 heteroatoms. The van der Waals surface area contributed by atoms with Crippen molar-refractivity contribution in [2.75, 3.05) is 5.32 Å². The predicted molar refractivity (Wildman–Crippen MR) is 82.0 cm³/mol. The molecule has 0 unspecified atom stereocenters. The van der Waals surface area contributed by atoms with Crippen molar-refractivity contribution in [1.29, 1.82) is 0 Å². The van der Waals surface area contributed by atoms with E-state index in [9.17, 15) is 4.39 Å². The number of benzene rings is 2. The first-order valence-corrected chi connectivity index (χ1v) is 7.19. The second kappa shape index (κ2) is 4.81. The van der Waals surface area contributed by atoms with Gasteiger partial charge in [-0.1, -0.05) is 11.3 Å². The van der Waals surface area contributed by atoms with Crippen LogP contribution < -0.4 is 5.32 Å². The van der Waals surface area contributed by atoms with Gasteiger partial charge in [-0.3, -0.25) is 0 Å². The minimum Gasteiger partial charge on any atom is -0.332 e. The fraction of sp³-hybridized carbons (Fsp3) is 0. The lowest BCUT2D eigenvalue weighted by molar-refractivity contribution is 0.630. The summed E-state index contributed by atoms with van der Waals surface area (Å²) in [6.07, 6.45) is 0. The fourth-order valence-corrected chi connectivity index (χ4v) is 2.88. The minimum absolute atomic E-state index is 0.230. The van der Waals surface area contributed by atoms with Gasteiger partial charge in [-0.2, -0.15) is 0 Å². The van der Waals surface area contributed by atoms with E-state index in [0.717, 1.165) is 21.0 Å². The standard InChI is InChI=1S/C13H8FIN2S/c14-8-1-6-11-12(7-8)18-13(17-11)16-10-4-2-9(15)3-5-10/h1-7H,(H,16,17). The molecule has 0 saturated heterocycles. The van der Waals surface area contributed by atoms with E-state index in [0.29, 0.717) is 0 Å². The van der Waals surface area contributed by atoms with E-state index in [4.69, 9.17) is 0 Å². The summed E-state index contributed by atoms with van der Waals surface area (Å²) in [4.78, 5) is 4.41. The second-order valence-electron chi connectivity index (χ2n) is 3.76. The van der Waals surface area contributed by atoms with Crippen molar-refractivity contribution in [3.63, 3.8) is 0 Å². The Bertz CT molecular complexity index is 694. The van der Waals surface area contributed by atoms with Gasteiger partial charge in [0.05, 0.1) is 10.2 Å². The normalized spacial score (nSPS) is 10.8. The summed E-state index contributed by atoms with van der Waals surface area (Å²) in [5, 5.41) is 4.00. The van der Waals surface area contributed by atoms with Crippen molar-refractivity contribution in [3.8, 4) is 0 Å². The first-order valence-electron chi connectivity index (χ1n) is 5.29. The number of fused-ring (bicyclic) bond motifs is 1. The Labute approximate surface area is 121 Å². The Balaban J connectivity index is 1.92. The molecule has 2 aromatic carbocycles. The number of rotatable bonds is 2. The summed E-state index contributed by atoms with van der Waals surface area (Å²) in [6, 6.07) is 12.7. The van der Waals surface area contributed by atoms with E-state index in [1.807, 2.05) is 24.3 Å². The summed E-state index contributed by atoms with van der Waals surface area (Å²) in [6.45, 7) is 0. The van der Waals surface area contributed by atoms with Crippen molar-refractivity contribution in [2.45, 2.75) is 0 Å². The first-order chi connectivity index (χ1) is 8.70. The van der Waals surface area contributed by atoms with Gasteiger partial charge in [-0.05, 0) is 65.1 Å². The second-order valence-corrected chi connectivity index (χ2v) is 6.04. The maximum Gasteiger partial charge on any atom is 0.188 e. The Morgan fingerprint density at radius 1 is 1.11 bits per heavy atom. The van der Waals surface area contributed by atoms with E-state index in [1.165, 1.54) is 27.0 Å². The third-order valence-electron chi connectivity index (χ3n) is 2.45. The molecule has 0 spiro atoms. The lowest BCUT2D eigenvalue weighted by Gasteiger charge is -2.01. The van der Waals surface area contributed by atoms with Gasteiger partial charge in [-0.25, -0.2) is 9.37 Å². The van der Waals surface area contributed by atoms with Crippen LogP contribution in [0.5, 0.6) is 0 Å². The van der Waals surface area contributed by atoms with Gasteiger partial charge in [-0.15, -0.1) is 0 Å². The monoisotopic (exact) mass is 370 g/mol. The van der Waals surface area contributed by atoms with Crippen LogP contribution in [0.1, 0.15) is 0 Å². The molecular formula is C13H8FIN2S. The molecule has 0 amide bonds. The number of anilines is 2. The molecule has 0 aliphatic heterocycles. The lowest BCUT2D eigenvalue weighted by Crippen LogP contribution is -1.88. The highest BCUT2D eigenvalue weighted by atomic mass is 127. The maximum absolute atomic E-state index is 13.1. The Hall–Kier alpha value is -1.21. The van der Waals surface area contributed by atoms with Gasteiger partial charge in [0.25, 0.3) is 0 Å². The van der Waals surface area contributed by atoms with Crippen molar-refractivity contribution in [3.05, 3.63) is 51.9 Å². The minimum atomic E-state index is -0.230. The third kappa shape index (κ3) is 2.46. The molecular weight excluding hydrogens is 362 g/mol. The van der Waals surface area contributed by atoms with Crippen molar-refractivity contribution in [2.24, 2.45) is 0 Å². The average molecular weight is 370 g/mol. The van der Waals surface area contributed by atoms with Crippen LogP contribution in [0.3, 0.4) is 0 Å². The van der Waals surface area contributed by atoms with Crippen molar-refractivity contribution in [1.82, 2.24) is 4.98 Å². The number of hydrogen-bond acceptors (Lipinski definition) is 3. The highest BCUT2D eigenvalue weighted by Crippen LogP contribution is 2.28. The number of hydrogen-bond donors (Lipinski definition) is 1. The number of halogens is 2. The van der Waals surface area contributed by atoms with E-state index in [2.05, 4.69) is 32.9 Å². The summed E-state index contributed by atoms with van der Waals surface area (Å²) >= 11 is 3.71. The van der Waals surface area contributed by atoms with E-state index >= 15 is 0 Å². The van der Waals surface area contributed by atoms with Gasteiger partial charge < -0.3 is 5.32 Å². The Morgan fingerprint density at radius 3 is 2.67 bits per heavy atom. The zero-order valence-electron chi connectivity index (χ0n) is 9.15. The molecule has 3 rings (SSSR count). The van der Waals surface area contributed by atoms with Crippen LogP contribution in [0.25, 0.3) is 10.2 Å². The molecule has 0 aliphatic rings. The molecule has 3 aromatic rings. The van der Waals surface area contributed by atoms with Crippen LogP contribution in [-0.2, 0) is 0 Å². The first kappa shape index (κ1) is 11.9. The average Bonchev–Trinajstić information content (AvgIpc) is 2.73. The Kier molecular flexibility index (Phi) is 3.17. The van der Waals surface area contributed by atoms with Crippen LogP contribution in [0.4, 0.5) is 15.2 Å². The summed E-state index contributed by atoms with van der Waals surface area (Å²) in [7, 11) is 0. The van der Waals surface area contributed by atoms with Gasteiger partial charge in [0, 0.05) is 9.26 Å². The van der Waals surface area contributed by atoms with Crippen molar-refractivity contribution < 1.29 is 4.39 Å². The molecule has 0 saturated carbocycles. The predicted octanol–water partition coefficient (Wildman–Crippen LogP) is 4.78. The molecule has 1 N–H and O–H groups in total. The number of aromatic nitrogens is 1. The zero-order valence-corrected chi connectivity index (χ0v) is 12.1. The van der Waals surface area contributed by atoms with E-state index in [1.54, 1.807) is 6.07 Å². The van der Waals surface area contributed by atoms with E-state index in [-0.39, 0.29) is 5.82 Å². The number of thiazole rings is 1. The summed E-state index contributed by atoms with van der Waals surface area (Å²) < 4.78 is 15.1. The highest BCUT2D eigenvalue weighted by molar-refractivity contribution is 14.1. The summed E-state index contributed by atoms with van der Waals surface area (Å²) in [5.74, 6) is -0.230. The van der Waals surface area contributed by atoms with E-state index < -0.39 is 0 Å². The topological polar surface area (TPSA) is 24.9 Å². The van der Waals surface area contributed by atoms with Crippen LogP contribution >= 0.6 is 33.9 Å². The van der Waals surface area contributed by atoms with Crippen LogP contribution in [0, 0.1) is 9.39 Å². The SMILES string of the molecule is Fc1ccc2nc(Nc3ccc(I)cc3)sc2c1. The quantitative estimate of drug-likeness (QED) is 0.657. The molecule has 0 bridgehead atoms. The summed E-state index contributed by atoms with van der Waals surface area (Å²) in [5.41, 5.74) is 1.80. The van der Waals surface area contributed by atoms with Crippen molar-refractivity contribution >= 4 is 55.0 Å². The largest absolute Gasteiger partial charge is 0.332 e. The van der Waals surface area contributed by atoms with Gasteiger partial charge >= 0.3 is 0 Å². The molecule has 2 nitrogen and oxygen atoms in total. The lowest BCUT2D eigenvalue weighted by atomic mass is 10.3. The van der Waals surface area contributed by atoms with Gasteiger partial charge in [0.1, 0.15) is 5.82 Å². The van der Waals surface area contributed by atoms with Gasteiger partial charge in [0.15, 0.2) is 5.13 Å². The molecule has 18 heavy (non-hydrogen) atoms. The van der Waals surface area contributed by atoms with Crippen LogP contribution in [0.15, 0.2) is 42.5 Å².